The van der Waals surface area contributed by atoms with Crippen molar-refractivity contribution in [1.29, 1.82) is 0 Å². The van der Waals surface area contributed by atoms with Gasteiger partial charge in [0, 0.05) is 0 Å². The van der Waals surface area contributed by atoms with Gasteiger partial charge in [0.2, 0.25) is 0 Å². The highest BCUT2D eigenvalue weighted by Crippen LogP contribution is 2.30. The number of carbonyl (C=O) groups is 4. The molecule has 0 amide bonds. The van der Waals surface area contributed by atoms with Gasteiger partial charge in [-0.05, 0) is 44.4 Å². The lowest BCUT2D eigenvalue weighted by Gasteiger charge is -2.22. The highest BCUT2D eigenvalue weighted by Gasteiger charge is 2.25. The Labute approximate surface area is 197 Å². The fraction of sp³-hybridized carbons (Fsp3) is 0.545. The predicted molar refractivity (Wildman–Crippen MR) is 117 cm³/mol. The van der Waals surface area contributed by atoms with Crippen LogP contribution in [0.25, 0.3) is 0 Å². The Kier molecular flexibility index (Phi) is 12.2. The number of hydrogen-bond acceptors (Lipinski definition) is 12. The number of ether oxygens (including phenoxy) is 7. The van der Waals surface area contributed by atoms with Crippen LogP contribution in [0.2, 0.25) is 0 Å². The van der Waals surface area contributed by atoms with Crippen LogP contribution in [0.3, 0.4) is 0 Å². The molecule has 0 aliphatic carbocycles. The number of benzene rings is 1. The van der Waals surface area contributed by atoms with Crippen molar-refractivity contribution < 1.29 is 52.3 Å². The fourth-order valence-corrected chi connectivity index (χ4v) is 2.39. The highest BCUT2D eigenvalue weighted by atomic mass is 16.7. The van der Waals surface area contributed by atoms with Crippen molar-refractivity contribution in [2.24, 2.45) is 5.73 Å². The van der Waals surface area contributed by atoms with Crippen LogP contribution in [0.5, 0.6) is 11.5 Å². The molecule has 12 nitrogen and oxygen atoms in total. The van der Waals surface area contributed by atoms with E-state index in [1.54, 1.807) is 13.8 Å². The summed E-state index contributed by atoms with van der Waals surface area (Å²) in [5.41, 5.74) is 6.42. The molecule has 1 aromatic rings. The summed E-state index contributed by atoms with van der Waals surface area (Å²) in [4.78, 5) is 47.0. The second kappa shape index (κ2) is 14.6. The van der Waals surface area contributed by atoms with Gasteiger partial charge in [0.1, 0.15) is 18.2 Å². The van der Waals surface area contributed by atoms with Gasteiger partial charge in [0.25, 0.3) is 0 Å². The predicted octanol–water partition coefficient (Wildman–Crippen LogP) is 3.12. The molecular weight excluding hydrogens is 454 g/mol. The monoisotopic (exact) mass is 485 g/mol. The van der Waals surface area contributed by atoms with Gasteiger partial charge in [-0.1, -0.05) is 19.4 Å². The molecule has 3 atom stereocenters. The molecule has 0 fully saturated rings. The summed E-state index contributed by atoms with van der Waals surface area (Å²) in [6.07, 6.45) is -2.89. The van der Waals surface area contributed by atoms with Crippen LogP contribution in [-0.4, -0.2) is 63.5 Å². The number of methoxy groups -OCH3 is 2. The zero-order valence-electron chi connectivity index (χ0n) is 19.9. The highest BCUT2D eigenvalue weighted by molar-refractivity contribution is 5.76. The standard InChI is InChI=1S/C22H31NO11/c1-6-7-10-30-22(27)32-14(3)13(2)31-19(24)16(23)11-15-8-9-17(33-20(25)28-4)18(12-15)34-21(26)29-5/h8-9,12-14,16H,6-7,10-11,23H2,1-5H3/t13-,14-,16-/m0/s1. The van der Waals surface area contributed by atoms with Crippen molar-refractivity contribution in [1.82, 2.24) is 0 Å². The van der Waals surface area contributed by atoms with Crippen LogP contribution in [0.4, 0.5) is 14.4 Å². The van der Waals surface area contributed by atoms with Gasteiger partial charge < -0.3 is 38.9 Å². The Balaban J connectivity index is 2.75. The summed E-state index contributed by atoms with van der Waals surface area (Å²) >= 11 is 0. The Morgan fingerprint density at radius 3 is 2.06 bits per heavy atom. The van der Waals surface area contributed by atoms with Crippen LogP contribution in [-0.2, 0) is 34.9 Å². The Morgan fingerprint density at radius 1 is 0.882 bits per heavy atom. The topological polar surface area (TPSA) is 159 Å². The molecule has 0 radical (unpaired) electrons. The summed E-state index contributed by atoms with van der Waals surface area (Å²) in [7, 11) is 2.22. The van der Waals surface area contributed by atoms with Gasteiger partial charge in [-0.25, -0.2) is 14.4 Å². The largest absolute Gasteiger partial charge is 0.513 e. The molecule has 34 heavy (non-hydrogen) atoms. The zero-order chi connectivity index (χ0) is 25.7. The van der Waals surface area contributed by atoms with Crippen molar-refractivity contribution in [2.45, 2.75) is 58.3 Å². The molecule has 0 heterocycles. The Morgan fingerprint density at radius 2 is 1.47 bits per heavy atom. The van der Waals surface area contributed by atoms with Crippen LogP contribution in [0, 0.1) is 0 Å². The first kappa shape index (κ1) is 28.5. The maximum Gasteiger partial charge on any atom is 0.513 e. The van der Waals surface area contributed by atoms with E-state index < -0.39 is 42.7 Å². The SMILES string of the molecule is CCCCOC(=O)O[C@@H](C)[C@H](C)OC(=O)[C@@H](N)Cc1ccc(OC(=O)OC)c(OC(=O)OC)c1. The Bertz CT molecular complexity index is 842. The van der Waals surface area contributed by atoms with E-state index in [9.17, 15) is 19.2 Å². The summed E-state index contributed by atoms with van der Waals surface area (Å²) in [5, 5.41) is 0. The van der Waals surface area contributed by atoms with Gasteiger partial charge in [-0.2, -0.15) is 0 Å². The van der Waals surface area contributed by atoms with Crippen LogP contribution < -0.4 is 15.2 Å². The number of nitrogens with two attached hydrogens (primary N) is 1. The molecule has 0 bridgehead atoms. The van der Waals surface area contributed by atoms with Crippen molar-refractivity contribution in [2.75, 3.05) is 20.8 Å². The van der Waals surface area contributed by atoms with E-state index in [-0.39, 0.29) is 24.5 Å². The molecule has 0 unspecified atom stereocenters. The van der Waals surface area contributed by atoms with Gasteiger partial charge in [-0.15, -0.1) is 0 Å². The van der Waals surface area contributed by atoms with E-state index in [0.29, 0.717) is 12.0 Å². The number of rotatable bonds is 11. The van der Waals surface area contributed by atoms with Gasteiger partial charge in [-0.3, -0.25) is 4.79 Å². The average Bonchev–Trinajstić information content (AvgIpc) is 2.80. The molecular formula is C22H31NO11. The quantitative estimate of drug-likeness (QED) is 0.211. The second-order valence-electron chi connectivity index (χ2n) is 7.12. The van der Waals surface area contributed by atoms with Gasteiger partial charge in [0.15, 0.2) is 11.5 Å². The first-order chi connectivity index (χ1) is 16.1. The zero-order valence-corrected chi connectivity index (χ0v) is 19.9. The van der Waals surface area contributed by atoms with E-state index in [1.807, 2.05) is 6.92 Å². The minimum Gasteiger partial charge on any atom is -0.458 e. The van der Waals surface area contributed by atoms with Crippen molar-refractivity contribution in [3.63, 3.8) is 0 Å². The lowest BCUT2D eigenvalue weighted by molar-refractivity contribution is -0.155. The van der Waals surface area contributed by atoms with Crippen molar-refractivity contribution >= 4 is 24.4 Å². The third-order valence-corrected chi connectivity index (χ3v) is 4.45. The first-order valence-electron chi connectivity index (χ1n) is 10.5. The molecule has 2 N–H and O–H groups in total. The fourth-order valence-electron chi connectivity index (χ4n) is 2.39. The molecule has 12 heteroatoms. The van der Waals surface area contributed by atoms with Gasteiger partial charge in [0.05, 0.1) is 20.8 Å². The van der Waals surface area contributed by atoms with Crippen molar-refractivity contribution in [3.8, 4) is 11.5 Å². The summed E-state index contributed by atoms with van der Waals surface area (Å²) in [5.74, 6) is -0.998. The third-order valence-electron chi connectivity index (χ3n) is 4.45. The second-order valence-corrected chi connectivity index (χ2v) is 7.12. The van der Waals surface area contributed by atoms with Crippen LogP contribution in [0.15, 0.2) is 18.2 Å². The molecule has 0 saturated carbocycles. The van der Waals surface area contributed by atoms with Gasteiger partial charge >= 0.3 is 24.4 Å². The number of carbonyl (C=O) groups excluding carboxylic acids is 4. The van der Waals surface area contributed by atoms with E-state index in [2.05, 4.69) is 9.47 Å². The Hall–Kier alpha value is -3.54. The number of unbranched alkanes of at least 4 members (excludes halogenated alkanes) is 1. The smallest absolute Gasteiger partial charge is 0.458 e. The normalized spacial score (nSPS) is 13.0. The molecule has 0 aromatic heterocycles. The third kappa shape index (κ3) is 9.94. The van der Waals surface area contributed by atoms with E-state index >= 15 is 0 Å². The molecule has 1 aromatic carbocycles. The summed E-state index contributed by atoms with van der Waals surface area (Å²) in [6.45, 7) is 5.31. The summed E-state index contributed by atoms with van der Waals surface area (Å²) in [6, 6.07) is 3.11. The van der Waals surface area contributed by atoms with Crippen LogP contribution in [0.1, 0.15) is 39.2 Å². The summed E-state index contributed by atoms with van der Waals surface area (Å²) < 4.78 is 34.0. The lowest BCUT2D eigenvalue weighted by atomic mass is 10.1. The van der Waals surface area contributed by atoms with E-state index in [1.165, 1.54) is 18.2 Å². The molecule has 0 saturated heterocycles. The molecule has 0 spiro atoms. The number of esters is 1. The minimum absolute atomic E-state index is 0.00408. The minimum atomic E-state index is -1.09. The maximum absolute atomic E-state index is 12.4. The van der Waals surface area contributed by atoms with Crippen molar-refractivity contribution in [3.05, 3.63) is 23.8 Å². The maximum atomic E-state index is 12.4. The first-order valence-corrected chi connectivity index (χ1v) is 10.5. The lowest BCUT2D eigenvalue weighted by Crippen LogP contribution is -2.39. The van der Waals surface area contributed by atoms with Crippen LogP contribution >= 0.6 is 0 Å². The molecule has 0 aliphatic heterocycles. The van der Waals surface area contributed by atoms with E-state index in [0.717, 1.165) is 20.6 Å². The molecule has 1 rings (SSSR count). The average molecular weight is 485 g/mol. The molecule has 190 valence electrons. The number of hydrogen-bond donors (Lipinski definition) is 1. The molecule has 0 aliphatic rings. The van der Waals surface area contributed by atoms with E-state index in [4.69, 9.17) is 29.4 Å².